The van der Waals surface area contributed by atoms with Crippen LogP contribution in [0.1, 0.15) is 26.7 Å². The average Bonchev–Trinajstić information content (AvgIpc) is 2.47. The molecule has 106 valence electrons. The van der Waals surface area contributed by atoms with Crippen LogP contribution in [0.5, 0.6) is 0 Å². The first-order valence-corrected chi connectivity index (χ1v) is 8.44. The van der Waals surface area contributed by atoms with Crippen molar-refractivity contribution < 1.29 is 0 Å². The van der Waals surface area contributed by atoms with Crippen LogP contribution in [0.25, 0.3) is 0 Å². The Kier molecular flexibility index (Phi) is 5.98. The smallest absolute Gasteiger partial charge is 0.0397 e. The monoisotopic (exact) mass is 279 g/mol. The van der Waals surface area contributed by atoms with E-state index in [1.54, 1.807) is 0 Å². The SMILES string of the molecule is CCSCC(C)NC1CCN(c2ccncc2)CC1. The molecule has 1 fully saturated rings. The molecule has 1 unspecified atom stereocenters. The molecule has 4 heteroatoms. The number of thioether (sulfide) groups is 1. The highest BCUT2D eigenvalue weighted by Crippen LogP contribution is 2.19. The number of hydrogen-bond donors (Lipinski definition) is 1. The minimum atomic E-state index is 0.627. The molecular weight excluding hydrogens is 254 g/mol. The number of nitrogens with zero attached hydrogens (tertiary/aromatic N) is 2. The fourth-order valence-corrected chi connectivity index (χ4v) is 3.29. The Balaban J connectivity index is 1.73. The zero-order chi connectivity index (χ0) is 13.5. The second kappa shape index (κ2) is 7.75. The number of anilines is 1. The van der Waals surface area contributed by atoms with Crippen molar-refractivity contribution in [3.05, 3.63) is 24.5 Å². The van der Waals surface area contributed by atoms with Crippen molar-refractivity contribution >= 4 is 17.4 Å². The highest BCUT2D eigenvalue weighted by Gasteiger charge is 2.20. The molecule has 2 rings (SSSR count). The maximum Gasteiger partial charge on any atom is 0.0397 e. The summed E-state index contributed by atoms with van der Waals surface area (Å²) in [5, 5.41) is 3.77. The Morgan fingerprint density at radius 1 is 1.37 bits per heavy atom. The van der Waals surface area contributed by atoms with Crippen LogP contribution in [-0.4, -0.2) is 41.7 Å². The van der Waals surface area contributed by atoms with E-state index in [9.17, 15) is 0 Å². The molecule has 0 radical (unpaired) electrons. The summed E-state index contributed by atoms with van der Waals surface area (Å²) in [6.07, 6.45) is 6.24. The van der Waals surface area contributed by atoms with Gasteiger partial charge in [0.25, 0.3) is 0 Å². The molecule has 0 amide bonds. The number of hydrogen-bond acceptors (Lipinski definition) is 4. The van der Waals surface area contributed by atoms with Crippen molar-refractivity contribution in [2.24, 2.45) is 0 Å². The average molecular weight is 279 g/mol. The largest absolute Gasteiger partial charge is 0.371 e. The molecule has 1 atom stereocenters. The first-order chi connectivity index (χ1) is 9.29. The molecular formula is C15H25N3S. The summed E-state index contributed by atoms with van der Waals surface area (Å²) < 4.78 is 0. The van der Waals surface area contributed by atoms with Crippen LogP contribution in [0.4, 0.5) is 5.69 Å². The van der Waals surface area contributed by atoms with Crippen LogP contribution < -0.4 is 10.2 Å². The fraction of sp³-hybridized carbons (Fsp3) is 0.667. The first kappa shape index (κ1) is 14.7. The second-order valence-electron chi connectivity index (χ2n) is 5.19. The Bertz CT molecular complexity index is 350. The van der Waals surface area contributed by atoms with E-state index in [0.717, 1.165) is 13.1 Å². The van der Waals surface area contributed by atoms with Gasteiger partial charge in [-0.3, -0.25) is 4.98 Å². The molecule has 1 saturated heterocycles. The van der Waals surface area contributed by atoms with E-state index in [1.807, 2.05) is 24.2 Å². The van der Waals surface area contributed by atoms with E-state index in [4.69, 9.17) is 0 Å². The summed E-state index contributed by atoms with van der Waals surface area (Å²) in [6.45, 7) is 6.83. The van der Waals surface area contributed by atoms with Gasteiger partial charge in [-0.05, 0) is 37.7 Å². The maximum absolute atomic E-state index is 4.08. The topological polar surface area (TPSA) is 28.2 Å². The Morgan fingerprint density at radius 3 is 2.68 bits per heavy atom. The third-order valence-electron chi connectivity index (χ3n) is 3.62. The molecule has 0 spiro atoms. The molecule has 2 heterocycles. The maximum atomic E-state index is 4.08. The van der Waals surface area contributed by atoms with E-state index in [1.165, 1.54) is 30.0 Å². The standard InChI is InChI=1S/C15H25N3S/c1-3-19-12-13(2)17-14-6-10-18(11-7-14)15-4-8-16-9-5-15/h4-5,8-9,13-14,17H,3,6-7,10-12H2,1-2H3. The van der Waals surface area contributed by atoms with Gasteiger partial charge in [-0.1, -0.05) is 6.92 Å². The summed E-state index contributed by atoms with van der Waals surface area (Å²) in [5.74, 6) is 2.44. The zero-order valence-corrected chi connectivity index (χ0v) is 12.8. The molecule has 19 heavy (non-hydrogen) atoms. The van der Waals surface area contributed by atoms with Crippen molar-refractivity contribution in [1.82, 2.24) is 10.3 Å². The summed E-state index contributed by atoms with van der Waals surface area (Å²) >= 11 is 2.02. The van der Waals surface area contributed by atoms with Gasteiger partial charge in [-0.15, -0.1) is 0 Å². The van der Waals surface area contributed by atoms with Crippen LogP contribution in [0.3, 0.4) is 0 Å². The molecule has 0 aliphatic carbocycles. The summed E-state index contributed by atoms with van der Waals surface area (Å²) in [7, 11) is 0. The molecule has 1 aromatic heterocycles. The normalized spacial score (nSPS) is 18.5. The molecule has 3 nitrogen and oxygen atoms in total. The minimum Gasteiger partial charge on any atom is -0.371 e. The van der Waals surface area contributed by atoms with Gasteiger partial charge in [-0.25, -0.2) is 0 Å². The Morgan fingerprint density at radius 2 is 2.05 bits per heavy atom. The lowest BCUT2D eigenvalue weighted by molar-refractivity contribution is 0.389. The molecule has 0 saturated carbocycles. The first-order valence-electron chi connectivity index (χ1n) is 7.28. The Hall–Kier alpha value is -0.740. The van der Waals surface area contributed by atoms with Crippen LogP contribution in [0.2, 0.25) is 0 Å². The number of nitrogens with one attached hydrogen (secondary N) is 1. The number of piperidine rings is 1. The summed E-state index contributed by atoms with van der Waals surface area (Å²) in [4.78, 5) is 6.55. The van der Waals surface area contributed by atoms with E-state index in [0.29, 0.717) is 12.1 Å². The van der Waals surface area contributed by atoms with E-state index in [2.05, 4.69) is 41.2 Å². The van der Waals surface area contributed by atoms with Crippen LogP contribution in [0.15, 0.2) is 24.5 Å². The third kappa shape index (κ3) is 4.69. The predicted molar refractivity (Wildman–Crippen MR) is 85.1 cm³/mol. The van der Waals surface area contributed by atoms with Crippen molar-refractivity contribution in [2.45, 2.75) is 38.8 Å². The van der Waals surface area contributed by atoms with Crippen molar-refractivity contribution in [3.8, 4) is 0 Å². The molecule has 0 bridgehead atoms. The predicted octanol–water partition coefficient (Wildman–Crippen LogP) is 2.78. The highest BCUT2D eigenvalue weighted by atomic mass is 32.2. The molecule has 1 aliphatic rings. The lowest BCUT2D eigenvalue weighted by Crippen LogP contribution is -2.46. The van der Waals surface area contributed by atoms with Crippen molar-refractivity contribution in [1.29, 1.82) is 0 Å². The van der Waals surface area contributed by atoms with Crippen LogP contribution in [-0.2, 0) is 0 Å². The van der Waals surface area contributed by atoms with Gasteiger partial charge in [0.2, 0.25) is 0 Å². The van der Waals surface area contributed by atoms with E-state index >= 15 is 0 Å². The third-order valence-corrected chi connectivity index (χ3v) is 4.76. The summed E-state index contributed by atoms with van der Waals surface area (Å²) in [6, 6.07) is 5.52. The highest BCUT2D eigenvalue weighted by molar-refractivity contribution is 7.99. The molecule has 1 aromatic rings. The van der Waals surface area contributed by atoms with Gasteiger partial charge < -0.3 is 10.2 Å². The van der Waals surface area contributed by atoms with Crippen LogP contribution >= 0.6 is 11.8 Å². The lowest BCUT2D eigenvalue weighted by Gasteiger charge is -2.35. The molecule has 0 aromatic carbocycles. The number of pyridine rings is 1. The van der Waals surface area contributed by atoms with Crippen molar-refractivity contribution in [2.75, 3.05) is 29.5 Å². The summed E-state index contributed by atoms with van der Waals surface area (Å²) in [5.41, 5.74) is 1.31. The molecule has 1 N–H and O–H groups in total. The van der Waals surface area contributed by atoms with Crippen LogP contribution in [0, 0.1) is 0 Å². The van der Waals surface area contributed by atoms with Gasteiger partial charge in [0.1, 0.15) is 0 Å². The van der Waals surface area contributed by atoms with Gasteiger partial charge in [0, 0.05) is 49.0 Å². The molecule has 1 aliphatic heterocycles. The van der Waals surface area contributed by atoms with Crippen molar-refractivity contribution in [3.63, 3.8) is 0 Å². The quantitative estimate of drug-likeness (QED) is 0.867. The number of rotatable bonds is 6. The fourth-order valence-electron chi connectivity index (χ4n) is 2.60. The van der Waals surface area contributed by atoms with Gasteiger partial charge in [-0.2, -0.15) is 11.8 Å². The van der Waals surface area contributed by atoms with Gasteiger partial charge >= 0.3 is 0 Å². The number of aromatic nitrogens is 1. The van der Waals surface area contributed by atoms with Gasteiger partial charge in [0.15, 0.2) is 0 Å². The lowest BCUT2D eigenvalue weighted by atomic mass is 10.0. The zero-order valence-electron chi connectivity index (χ0n) is 12.0. The van der Waals surface area contributed by atoms with Gasteiger partial charge in [0.05, 0.1) is 0 Å². The Labute approximate surface area is 121 Å². The second-order valence-corrected chi connectivity index (χ2v) is 6.51. The minimum absolute atomic E-state index is 0.627. The van der Waals surface area contributed by atoms with E-state index < -0.39 is 0 Å². The van der Waals surface area contributed by atoms with E-state index in [-0.39, 0.29) is 0 Å².